The number of hydrogen-bond acceptors (Lipinski definition) is 6. The van der Waals surface area contributed by atoms with E-state index in [0.717, 1.165) is 67.3 Å². The average Bonchev–Trinajstić information content (AvgIpc) is 3.31. The quantitative estimate of drug-likeness (QED) is 0.512. The Labute approximate surface area is 173 Å². The highest BCUT2D eigenvalue weighted by Crippen LogP contribution is 2.26. The van der Waals surface area contributed by atoms with E-state index < -0.39 is 0 Å². The third-order valence-electron chi connectivity index (χ3n) is 5.25. The third kappa shape index (κ3) is 3.83. The predicted molar refractivity (Wildman–Crippen MR) is 112 cm³/mol. The van der Waals surface area contributed by atoms with Crippen LogP contribution in [0, 0.1) is 0 Å². The highest BCUT2D eigenvalue weighted by molar-refractivity contribution is 6.30. The van der Waals surface area contributed by atoms with E-state index in [1.54, 1.807) is 4.68 Å². The van der Waals surface area contributed by atoms with Crippen LogP contribution >= 0.6 is 11.6 Å². The maximum Gasteiger partial charge on any atom is 0.179 e. The van der Waals surface area contributed by atoms with Gasteiger partial charge in [-0.1, -0.05) is 40.2 Å². The summed E-state index contributed by atoms with van der Waals surface area (Å²) in [6, 6.07) is 15.6. The first-order chi connectivity index (χ1) is 14.3. The average molecular weight is 409 g/mol. The second-order valence-electron chi connectivity index (χ2n) is 7.25. The van der Waals surface area contributed by atoms with Gasteiger partial charge in [-0.15, -0.1) is 5.10 Å². The zero-order valence-corrected chi connectivity index (χ0v) is 16.7. The lowest BCUT2D eigenvalue weighted by Crippen LogP contribution is -2.30. The summed E-state index contributed by atoms with van der Waals surface area (Å²) in [4.78, 5) is 4.73. The molecule has 0 bridgehead atoms. The second-order valence-corrected chi connectivity index (χ2v) is 7.69. The maximum absolute atomic E-state index is 6.08. The van der Waals surface area contributed by atoms with Crippen molar-refractivity contribution in [3.05, 3.63) is 65.4 Å². The lowest BCUT2D eigenvalue weighted by Gasteiger charge is -2.20. The summed E-state index contributed by atoms with van der Waals surface area (Å²) in [5.41, 5.74) is 2.70. The largest absolute Gasteiger partial charge is 0.354 e. The van der Waals surface area contributed by atoms with Gasteiger partial charge in [0, 0.05) is 37.7 Å². The van der Waals surface area contributed by atoms with Crippen molar-refractivity contribution >= 4 is 28.4 Å². The van der Waals surface area contributed by atoms with Gasteiger partial charge in [-0.3, -0.25) is 4.90 Å². The zero-order chi connectivity index (χ0) is 19.6. The van der Waals surface area contributed by atoms with Gasteiger partial charge in [-0.05, 0) is 36.8 Å². The van der Waals surface area contributed by atoms with Gasteiger partial charge in [0.1, 0.15) is 0 Å². The van der Waals surface area contributed by atoms with E-state index in [2.05, 4.69) is 31.3 Å². The molecule has 8 heteroatoms. The van der Waals surface area contributed by atoms with Crippen LogP contribution in [0.1, 0.15) is 12.1 Å². The van der Waals surface area contributed by atoms with Gasteiger partial charge in [0.05, 0.1) is 23.0 Å². The van der Waals surface area contributed by atoms with Crippen LogP contribution < -0.4 is 4.90 Å². The fourth-order valence-electron chi connectivity index (χ4n) is 3.79. The van der Waals surface area contributed by atoms with Crippen molar-refractivity contribution in [2.24, 2.45) is 0 Å². The molecule has 1 aliphatic rings. The summed E-state index contributed by atoms with van der Waals surface area (Å²) >= 11 is 6.08. The monoisotopic (exact) mass is 408 g/mol. The fourth-order valence-corrected chi connectivity index (χ4v) is 3.97. The van der Waals surface area contributed by atoms with E-state index in [4.69, 9.17) is 16.1 Å². The Morgan fingerprint density at radius 2 is 1.93 bits per heavy atom. The zero-order valence-electron chi connectivity index (χ0n) is 15.9. The van der Waals surface area contributed by atoms with Crippen LogP contribution in [0.15, 0.2) is 59.3 Å². The van der Waals surface area contributed by atoms with Gasteiger partial charge in [0.2, 0.25) is 0 Å². The van der Waals surface area contributed by atoms with Gasteiger partial charge in [-0.2, -0.15) is 0 Å². The molecule has 2 aromatic heterocycles. The molecular formula is C21H21ClN6O. The lowest BCUT2D eigenvalue weighted by atomic mass is 10.2. The summed E-state index contributed by atoms with van der Waals surface area (Å²) in [5.74, 6) is 0.939. The molecule has 0 N–H and O–H groups in total. The molecule has 0 aliphatic carbocycles. The SMILES string of the molecule is Clc1cccc(-n2cc(CN3CCCN(c4noc5ccccc45)CC3)nn2)c1. The minimum Gasteiger partial charge on any atom is -0.354 e. The number of aromatic nitrogens is 4. The molecular weight excluding hydrogens is 388 g/mol. The molecule has 4 aromatic rings. The van der Waals surface area contributed by atoms with Crippen molar-refractivity contribution in [1.29, 1.82) is 0 Å². The number of nitrogens with zero attached hydrogens (tertiary/aromatic N) is 6. The van der Waals surface area contributed by atoms with E-state index >= 15 is 0 Å². The number of anilines is 1. The number of halogens is 1. The highest BCUT2D eigenvalue weighted by atomic mass is 35.5. The van der Waals surface area contributed by atoms with Crippen LogP contribution in [0.25, 0.3) is 16.7 Å². The first-order valence-corrected chi connectivity index (χ1v) is 10.1. The second kappa shape index (κ2) is 7.85. The molecule has 0 saturated carbocycles. The van der Waals surface area contributed by atoms with E-state index in [9.17, 15) is 0 Å². The first kappa shape index (κ1) is 18.1. The lowest BCUT2D eigenvalue weighted by molar-refractivity contribution is 0.282. The van der Waals surface area contributed by atoms with Crippen molar-refractivity contribution in [2.75, 3.05) is 31.1 Å². The van der Waals surface area contributed by atoms with Gasteiger partial charge in [0.25, 0.3) is 0 Å². The van der Waals surface area contributed by atoms with Crippen LogP contribution in [0.2, 0.25) is 5.02 Å². The van der Waals surface area contributed by atoms with Crippen molar-refractivity contribution in [1.82, 2.24) is 25.1 Å². The van der Waals surface area contributed by atoms with Crippen LogP contribution in [-0.2, 0) is 6.54 Å². The molecule has 0 spiro atoms. The Hall–Kier alpha value is -2.90. The van der Waals surface area contributed by atoms with E-state index in [-0.39, 0.29) is 0 Å². The molecule has 0 amide bonds. The van der Waals surface area contributed by atoms with Crippen LogP contribution in [0.3, 0.4) is 0 Å². The topological polar surface area (TPSA) is 63.2 Å². The Bertz CT molecular complexity index is 1120. The summed E-state index contributed by atoms with van der Waals surface area (Å²) < 4.78 is 7.25. The Balaban J connectivity index is 1.26. The van der Waals surface area contributed by atoms with Crippen LogP contribution in [0.5, 0.6) is 0 Å². The maximum atomic E-state index is 6.08. The van der Waals surface area contributed by atoms with Gasteiger partial charge >= 0.3 is 0 Å². The molecule has 3 heterocycles. The van der Waals surface area contributed by atoms with Crippen molar-refractivity contribution in [3.63, 3.8) is 0 Å². The fraction of sp³-hybridized carbons (Fsp3) is 0.286. The van der Waals surface area contributed by atoms with Gasteiger partial charge < -0.3 is 9.42 Å². The number of benzene rings is 2. The van der Waals surface area contributed by atoms with E-state index in [1.165, 1.54) is 0 Å². The minimum absolute atomic E-state index is 0.688. The van der Waals surface area contributed by atoms with Gasteiger partial charge in [-0.25, -0.2) is 4.68 Å². The van der Waals surface area contributed by atoms with E-state index in [0.29, 0.717) is 5.02 Å². The molecule has 7 nitrogen and oxygen atoms in total. The molecule has 0 radical (unpaired) electrons. The molecule has 148 valence electrons. The van der Waals surface area contributed by atoms with Crippen molar-refractivity contribution < 1.29 is 4.52 Å². The number of fused-ring (bicyclic) bond motifs is 1. The van der Waals surface area contributed by atoms with Crippen LogP contribution in [0.4, 0.5) is 5.82 Å². The molecule has 2 aromatic carbocycles. The van der Waals surface area contributed by atoms with E-state index in [1.807, 2.05) is 48.7 Å². The summed E-state index contributed by atoms with van der Waals surface area (Å²) in [7, 11) is 0. The van der Waals surface area contributed by atoms with Crippen molar-refractivity contribution in [2.45, 2.75) is 13.0 Å². The molecule has 1 aliphatic heterocycles. The third-order valence-corrected chi connectivity index (χ3v) is 5.48. The summed E-state index contributed by atoms with van der Waals surface area (Å²) in [5, 5.41) is 14.7. The molecule has 1 saturated heterocycles. The number of para-hydroxylation sites is 1. The smallest absolute Gasteiger partial charge is 0.179 e. The normalized spacial score (nSPS) is 15.7. The Kier molecular flexibility index (Phi) is 4.91. The Morgan fingerprint density at radius 1 is 1.00 bits per heavy atom. The molecule has 5 rings (SSSR count). The molecule has 29 heavy (non-hydrogen) atoms. The molecule has 0 unspecified atom stereocenters. The minimum atomic E-state index is 0.688. The number of hydrogen-bond donors (Lipinski definition) is 0. The predicted octanol–water partition coefficient (Wildman–Crippen LogP) is 3.77. The van der Waals surface area contributed by atoms with Gasteiger partial charge in [0.15, 0.2) is 11.4 Å². The van der Waals surface area contributed by atoms with Crippen LogP contribution in [-0.4, -0.2) is 51.2 Å². The molecule has 1 fully saturated rings. The number of rotatable bonds is 4. The van der Waals surface area contributed by atoms with Crippen molar-refractivity contribution in [3.8, 4) is 5.69 Å². The highest BCUT2D eigenvalue weighted by Gasteiger charge is 2.20. The first-order valence-electron chi connectivity index (χ1n) is 9.75. The molecule has 0 atom stereocenters. The summed E-state index contributed by atoms with van der Waals surface area (Å²) in [6.45, 7) is 4.58. The standard InChI is InChI=1S/C21H21ClN6O/c22-16-5-3-6-18(13-16)28-15-17(23-25-28)14-26-9-4-10-27(12-11-26)21-19-7-1-2-8-20(19)29-24-21/h1-3,5-8,13,15H,4,9-12,14H2. The Morgan fingerprint density at radius 3 is 2.86 bits per heavy atom. The summed E-state index contributed by atoms with van der Waals surface area (Å²) in [6.07, 6.45) is 3.03.